The Morgan fingerprint density at radius 3 is 2.92 bits per heavy atom. The molecule has 1 aliphatic rings. The molecule has 1 aliphatic heterocycles. The van der Waals surface area contributed by atoms with E-state index in [9.17, 15) is 14.7 Å². The zero-order valence-electron chi connectivity index (χ0n) is 14.2. The lowest BCUT2D eigenvalue weighted by molar-refractivity contribution is -0.155. The van der Waals surface area contributed by atoms with Crippen LogP contribution in [0.3, 0.4) is 0 Å². The summed E-state index contributed by atoms with van der Waals surface area (Å²) in [5.74, 6) is 0.212. The second-order valence-corrected chi connectivity index (χ2v) is 7.16. The number of carbonyl (C=O) groups is 2. The van der Waals surface area contributed by atoms with Gasteiger partial charge in [0.15, 0.2) is 10.8 Å². The number of rotatable bonds is 5. The second-order valence-electron chi connectivity index (χ2n) is 6.30. The Balaban J connectivity index is 1.78. The van der Waals surface area contributed by atoms with E-state index in [1.165, 1.54) is 18.4 Å². The van der Waals surface area contributed by atoms with Crippen LogP contribution in [0.5, 0.6) is 0 Å². The first-order chi connectivity index (χ1) is 11.9. The molecular weight excluding hydrogens is 344 g/mol. The molecule has 3 rings (SSSR count). The topological polar surface area (TPSA) is 92.9 Å². The molecule has 2 aromatic rings. The highest BCUT2D eigenvalue weighted by molar-refractivity contribution is 7.13. The van der Waals surface area contributed by atoms with Gasteiger partial charge in [-0.25, -0.2) is 4.98 Å². The zero-order valence-corrected chi connectivity index (χ0v) is 15.0. The number of carbonyl (C=O) groups excluding carboxylic acids is 1. The molecule has 1 amide bonds. The number of piperidine rings is 1. The number of furan rings is 1. The third kappa shape index (κ3) is 3.45. The highest BCUT2D eigenvalue weighted by Crippen LogP contribution is 2.32. The van der Waals surface area contributed by atoms with Crippen molar-refractivity contribution in [2.75, 3.05) is 26.8 Å². The Bertz CT molecular complexity index is 780. The van der Waals surface area contributed by atoms with Crippen molar-refractivity contribution < 1.29 is 23.8 Å². The number of ether oxygens (including phenoxy) is 1. The first-order valence-corrected chi connectivity index (χ1v) is 8.87. The van der Waals surface area contributed by atoms with Crippen molar-refractivity contribution in [1.82, 2.24) is 9.88 Å². The summed E-state index contributed by atoms with van der Waals surface area (Å²) in [4.78, 5) is 30.4. The molecule has 7 nitrogen and oxygen atoms in total. The molecule has 0 radical (unpaired) electrons. The normalized spacial score (nSPS) is 20.6. The van der Waals surface area contributed by atoms with E-state index in [4.69, 9.17) is 9.15 Å². The number of methoxy groups -OCH3 is 1. The number of carboxylic acid groups (broad SMARTS) is 1. The number of nitrogens with zero attached hydrogens (tertiary/aromatic N) is 2. The van der Waals surface area contributed by atoms with Gasteiger partial charge in [0.05, 0.1) is 6.61 Å². The lowest BCUT2D eigenvalue weighted by Crippen LogP contribution is -2.52. The average Bonchev–Trinajstić information content (AvgIpc) is 3.23. The maximum Gasteiger partial charge on any atom is 0.313 e. The van der Waals surface area contributed by atoms with Gasteiger partial charge in [0.2, 0.25) is 0 Å². The number of hydrogen-bond acceptors (Lipinski definition) is 6. The molecule has 1 unspecified atom stereocenters. The fourth-order valence-corrected chi connectivity index (χ4v) is 3.89. The third-order valence-electron chi connectivity index (χ3n) is 4.41. The summed E-state index contributed by atoms with van der Waals surface area (Å²) >= 11 is 1.33. The molecule has 134 valence electrons. The Morgan fingerprint density at radius 1 is 1.48 bits per heavy atom. The number of carboxylic acids is 1. The van der Waals surface area contributed by atoms with Gasteiger partial charge >= 0.3 is 5.97 Å². The molecule has 8 heteroatoms. The molecule has 3 heterocycles. The third-order valence-corrected chi connectivity index (χ3v) is 5.27. The number of likely N-dealkylation sites (tertiary alicyclic amines) is 1. The van der Waals surface area contributed by atoms with Crippen molar-refractivity contribution >= 4 is 23.2 Å². The minimum absolute atomic E-state index is 0.0834. The first-order valence-electron chi connectivity index (χ1n) is 7.99. The summed E-state index contributed by atoms with van der Waals surface area (Å²) < 4.78 is 10.6. The highest BCUT2D eigenvalue weighted by atomic mass is 32.1. The summed E-state index contributed by atoms with van der Waals surface area (Å²) in [5, 5.41) is 11.9. The van der Waals surface area contributed by atoms with Crippen molar-refractivity contribution in [3.63, 3.8) is 0 Å². The van der Waals surface area contributed by atoms with Crippen molar-refractivity contribution in [2.45, 2.75) is 19.8 Å². The van der Waals surface area contributed by atoms with E-state index in [1.54, 1.807) is 10.3 Å². The molecule has 25 heavy (non-hydrogen) atoms. The van der Waals surface area contributed by atoms with Crippen LogP contribution in [0.2, 0.25) is 0 Å². The molecule has 0 bridgehead atoms. The van der Waals surface area contributed by atoms with E-state index in [2.05, 4.69) is 4.98 Å². The van der Waals surface area contributed by atoms with Gasteiger partial charge in [-0.2, -0.15) is 0 Å². The predicted octanol–water partition coefficient (Wildman–Crippen LogP) is 2.66. The van der Waals surface area contributed by atoms with E-state index in [0.717, 1.165) is 5.76 Å². The highest BCUT2D eigenvalue weighted by Gasteiger charge is 2.44. The number of aryl methyl sites for hydroxylation is 1. The van der Waals surface area contributed by atoms with E-state index in [0.29, 0.717) is 35.8 Å². The van der Waals surface area contributed by atoms with E-state index in [1.807, 2.05) is 19.1 Å². The molecule has 0 aromatic carbocycles. The van der Waals surface area contributed by atoms with Gasteiger partial charge in [-0.3, -0.25) is 9.59 Å². The minimum Gasteiger partial charge on any atom is -0.481 e. The standard InChI is InChI=1S/C17H20N2O5S/c1-11-4-5-13(24-11)14-18-12(8-25-14)15(20)19-7-3-6-17(9-19,10-23-2)16(21)22/h4-5,8H,3,6-7,9-10H2,1-2H3,(H,21,22). The van der Waals surface area contributed by atoms with Crippen LogP contribution in [0.1, 0.15) is 29.1 Å². The van der Waals surface area contributed by atoms with Gasteiger partial charge in [0, 0.05) is 25.6 Å². The number of hydrogen-bond donors (Lipinski definition) is 1. The van der Waals surface area contributed by atoms with Crippen LogP contribution in [-0.2, 0) is 9.53 Å². The van der Waals surface area contributed by atoms with Crippen molar-refractivity contribution in [3.8, 4) is 10.8 Å². The lowest BCUT2D eigenvalue weighted by atomic mass is 9.80. The molecule has 1 saturated heterocycles. The number of aromatic nitrogens is 1. The Kier molecular flexibility index (Phi) is 4.91. The Hall–Kier alpha value is -2.19. The SMILES string of the molecule is COCC1(C(=O)O)CCCN(C(=O)c2csc(-c3ccc(C)o3)n2)C1. The number of thiazole rings is 1. The van der Waals surface area contributed by atoms with Gasteiger partial charge in [0.1, 0.15) is 16.9 Å². The fourth-order valence-electron chi connectivity index (χ4n) is 3.13. The van der Waals surface area contributed by atoms with Crippen LogP contribution in [0.25, 0.3) is 10.8 Å². The molecule has 1 N–H and O–H groups in total. The van der Waals surface area contributed by atoms with Crippen molar-refractivity contribution in [3.05, 3.63) is 29.0 Å². The average molecular weight is 364 g/mol. The van der Waals surface area contributed by atoms with Gasteiger partial charge in [-0.15, -0.1) is 11.3 Å². The van der Waals surface area contributed by atoms with Crippen LogP contribution >= 0.6 is 11.3 Å². The van der Waals surface area contributed by atoms with E-state index >= 15 is 0 Å². The van der Waals surface area contributed by atoms with Gasteiger partial charge in [0.25, 0.3) is 5.91 Å². The van der Waals surface area contributed by atoms with Crippen LogP contribution < -0.4 is 0 Å². The Labute approximate surface area is 149 Å². The van der Waals surface area contributed by atoms with Crippen LogP contribution in [-0.4, -0.2) is 53.7 Å². The quantitative estimate of drug-likeness (QED) is 0.877. The second kappa shape index (κ2) is 6.97. The van der Waals surface area contributed by atoms with Crippen LogP contribution in [0.15, 0.2) is 21.9 Å². The molecule has 0 saturated carbocycles. The molecule has 2 aromatic heterocycles. The number of amides is 1. The van der Waals surface area contributed by atoms with E-state index in [-0.39, 0.29) is 19.1 Å². The Morgan fingerprint density at radius 2 is 2.28 bits per heavy atom. The molecule has 1 atom stereocenters. The summed E-state index contributed by atoms with van der Waals surface area (Å²) in [5.41, 5.74) is -0.743. The van der Waals surface area contributed by atoms with Crippen molar-refractivity contribution in [1.29, 1.82) is 0 Å². The molecule has 1 fully saturated rings. The summed E-state index contributed by atoms with van der Waals surface area (Å²) in [7, 11) is 1.48. The van der Waals surface area contributed by atoms with Crippen molar-refractivity contribution in [2.24, 2.45) is 5.41 Å². The summed E-state index contributed by atoms with van der Waals surface area (Å²) in [6.07, 6.45) is 1.11. The van der Waals surface area contributed by atoms with Crippen LogP contribution in [0.4, 0.5) is 0 Å². The predicted molar refractivity (Wildman–Crippen MR) is 91.6 cm³/mol. The molecule has 0 spiro atoms. The summed E-state index contributed by atoms with van der Waals surface area (Å²) in [6, 6.07) is 3.66. The largest absolute Gasteiger partial charge is 0.481 e. The van der Waals surface area contributed by atoms with Gasteiger partial charge < -0.3 is 19.2 Å². The molecular formula is C17H20N2O5S. The smallest absolute Gasteiger partial charge is 0.313 e. The summed E-state index contributed by atoms with van der Waals surface area (Å²) in [6.45, 7) is 2.57. The van der Waals surface area contributed by atoms with E-state index < -0.39 is 11.4 Å². The maximum absolute atomic E-state index is 12.8. The fraction of sp³-hybridized carbons (Fsp3) is 0.471. The first kappa shape index (κ1) is 17.6. The maximum atomic E-state index is 12.8. The number of aliphatic carboxylic acids is 1. The zero-order chi connectivity index (χ0) is 18.0. The van der Waals surface area contributed by atoms with Crippen LogP contribution in [0, 0.1) is 12.3 Å². The molecule has 0 aliphatic carbocycles. The van der Waals surface area contributed by atoms with Gasteiger partial charge in [-0.1, -0.05) is 0 Å². The minimum atomic E-state index is -1.06. The monoisotopic (exact) mass is 364 g/mol. The van der Waals surface area contributed by atoms with Gasteiger partial charge in [-0.05, 0) is 31.9 Å². The lowest BCUT2D eigenvalue weighted by Gasteiger charge is -2.39.